The zero-order valence-corrected chi connectivity index (χ0v) is 8.23. The van der Waals surface area contributed by atoms with E-state index in [0.717, 1.165) is 18.7 Å². The fourth-order valence-corrected chi connectivity index (χ4v) is 1.77. The summed E-state index contributed by atoms with van der Waals surface area (Å²) in [5, 5.41) is 8.68. The largest absolute Gasteiger partial charge is 0.397 e. The van der Waals surface area contributed by atoms with Gasteiger partial charge in [0, 0.05) is 13.0 Å². The van der Waals surface area contributed by atoms with Gasteiger partial charge in [-0.25, -0.2) is 0 Å². The highest BCUT2D eigenvalue weighted by Crippen LogP contribution is 2.27. The average molecular weight is 201 g/mol. The molecule has 1 aromatic carbocycles. The van der Waals surface area contributed by atoms with E-state index in [1.807, 2.05) is 6.07 Å². The fraction of sp³-hybridized carbons (Fsp3) is 0.273. The molecule has 1 aliphatic rings. The maximum absolute atomic E-state index is 11.5. The molecule has 4 nitrogen and oxygen atoms in total. The third-order valence-corrected chi connectivity index (χ3v) is 2.52. The highest BCUT2D eigenvalue weighted by molar-refractivity contribution is 5.98. The minimum atomic E-state index is 0.103. The van der Waals surface area contributed by atoms with Gasteiger partial charge in [-0.1, -0.05) is 0 Å². The number of hydrogen-bond acceptors (Lipinski definition) is 3. The predicted octanol–water partition coefficient (Wildman–Crippen LogP) is 1.27. The molecule has 1 fully saturated rings. The number of hydrogen-bond donors (Lipinski definition) is 1. The van der Waals surface area contributed by atoms with Crippen molar-refractivity contribution in [3.8, 4) is 6.07 Å². The molecule has 1 amide bonds. The first-order valence-electron chi connectivity index (χ1n) is 4.82. The molecule has 1 aliphatic heterocycles. The Hall–Kier alpha value is -2.02. The van der Waals surface area contributed by atoms with Gasteiger partial charge < -0.3 is 10.6 Å². The van der Waals surface area contributed by atoms with Gasteiger partial charge >= 0.3 is 0 Å². The summed E-state index contributed by atoms with van der Waals surface area (Å²) in [7, 11) is 0. The Morgan fingerprint density at radius 2 is 2.27 bits per heavy atom. The minimum absolute atomic E-state index is 0.103. The molecule has 0 bridgehead atoms. The Labute approximate surface area is 87.9 Å². The van der Waals surface area contributed by atoms with Crippen LogP contribution in [0.4, 0.5) is 11.4 Å². The Kier molecular flexibility index (Phi) is 2.30. The SMILES string of the molecule is N#Cc1ccc(N2CCCC2=O)c(N)c1. The van der Waals surface area contributed by atoms with Crippen molar-refractivity contribution in [1.82, 2.24) is 0 Å². The monoisotopic (exact) mass is 201 g/mol. The lowest BCUT2D eigenvalue weighted by Gasteiger charge is -2.17. The van der Waals surface area contributed by atoms with E-state index in [2.05, 4.69) is 0 Å². The molecule has 2 N–H and O–H groups in total. The van der Waals surface area contributed by atoms with Crippen molar-refractivity contribution in [3.05, 3.63) is 23.8 Å². The lowest BCUT2D eigenvalue weighted by Crippen LogP contribution is -2.24. The highest BCUT2D eigenvalue weighted by Gasteiger charge is 2.23. The second-order valence-corrected chi connectivity index (χ2v) is 3.53. The number of nitrogen functional groups attached to an aromatic ring is 1. The van der Waals surface area contributed by atoms with E-state index in [1.165, 1.54) is 0 Å². The van der Waals surface area contributed by atoms with Gasteiger partial charge in [0.05, 0.1) is 23.0 Å². The van der Waals surface area contributed by atoms with Crippen molar-refractivity contribution < 1.29 is 4.79 Å². The van der Waals surface area contributed by atoms with Crippen LogP contribution < -0.4 is 10.6 Å². The van der Waals surface area contributed by atoms with Crippen LogP contribution in [0.3, 0.4) is 0 Å². The van der Waals surface area contributed by atoms with E-state index in [4.69, 9.17) is 11.0 Å². The van der Waals surface area contributed by atoms with Crippen molar-refractivity contribution in [2.75, 3.05) is 17.2 Å². The van der Waals surface area contributed by atoms with E-state index >= 15 is 0 Å². The highest BCUT2D eigenvalue weighted by atomic mass is 16.2. The topological polar surface area (TPSA) is 70.1 Å². The first-order valence-corrected chi connectivity index (χ1v) is 4.82. The summed E-state index contributed by atoms with van der Waals surface area (Å²) in [5.74, 6) is 0.103. The molecule has 0 saturated carbocycles. The molecular weight excluding hydrogens is 190 g/mol. The molecule has 0 unspecified atom stereocenters. The van der Waals surface area contributed by atoms with E-state index in [9.17, 15) is 4.79 Å². The fourth-order valence-electron chi connectivity index (χ4n) is 1.77. The smallest absolute Gasteiger partial charge is 0.227 e. The minimum Gasteiger partial charge on any atom is -0.397 e. The Morgan fingerprint density at radius 3 is 2.80 bits per heavy atom. The van der Waals surface area contributed by atoms with Crippen LogP contribution in [0.5, 0.6) is 0 Å². The average Bonchev–Trinajstić information content (AvgIpc) is 2.64. The van der Waals surface area contributed by atoms with Gasteiger partial charge in [0.25, 0.3) is 0 Å². The number of benzene rings is 1. The molecule has 0 aromatic heterocycles. The van der Waals surface area contributed by atoms with E-state index in [0.29, 0.717) is 17.7 Å². The molecule has 0 atom stereocenters. The van der Waals surface area contributed by atoms with Crippen LogP contribution >= 0.6 is 0 Å². The zero-order chi connectivity index (χ0) is 10.8. The zero-order valence-electron chi connectivity index (χ0n) is 8.23. The number of amides is 1. The molecule has 4 heteroatoms. The standard InChI is InChI=1S/C11H11N3O/c12-7-8-3-4-10(9(13)6-8)14-5-1-2-11(14)15/h3-4,6H,1-2,5,13H2. The second-order valence-electron chi connectivity index (χ2n) is 3.53. The van der Waals surface area contributed by atoms with Crippen LogP contribution in [0.2, 0.25) is 0 Å². The van der Waals surface area contributed by atoms with Crippen LogP contribution in [0.15, 0.2) is 18.2 Å². The van der Waals surface area contributed by atoms with E-state index in [1.54, 1.807) is 23.1 Å². The third kappa shape index (κ3) is 1.64. The third-order valence-electron chi connectivity index (χ3n) is 2.52. The number of anilines is 2. The number of carbonyl (C=O) groups is 1. The lowest BCUT2D eigenvalue weighted by molar-refractivity contribution is -0.117. The molecular formula is C11H11N3O. The van der Waals surface area contributed by atoms with Crippen LogP contribution in [-0.2, 0) is 4.79 Å². The molecule has 2 rings (SSSR count). The van der Waals surface area contributed by atoms with E-state index in [-0.39, 0.29) is 5.91 Å². The Morgan fingerprint density at radius 1 is 1.47 bits per heavy atom. The quantitative estimate of drug-likeness (QED) is 0.695. The summed E-state index contributed by atoms with van der Waals surface area (Å²) in [6, 6.07) is 7.02. The summed E-state index contributed by atoms with van der Waals surface area (Å²) in [5.41, 5.74) is 7.52. The van der Waals surface area contributed by atoms with Crippen molar-refractivity contribution in [1.29, 1.82) is 5.26 Å². The second kappa shape index (κ2) is 3.62. The van der Waals surface area contributed by atoms with Gasteiger partial charge in [0.1, 0.15) is 0 Å². The number of nitrogens with two attached hydrogens (primary N) is 1. The van der Waals surface area contributed by atoms with Crippen LogP contribution in [0.25, 0.3) is 0 Å². The summed E-state index contributed by atoms with van der Waals surface area (Å²) >= 11 is 0. The van der Waals surface area contributed by atoms with Crippen molar-refractivity contribution in [3.63, 3.8) is 0 Å². The number of rotatable bonds is 1. The number of carbonyl (C=O) groups excluding carboxylic acids is 1. The summed E-state index contributed by atoms with van der Waals surface area (Å²) in [4.78, 5) is 13.2. The lowest BCUT2D eigenvalue weighted by atomic mass is 10.2. The van der Waals surface area contributed by atoms with Gasteiger partial charge in [-0.15, -0.1) is 0 Å². The molecule has 1 saturated heterocycles. The maximum atomic E-state index is 11.5. The predicted molar refractivity (Wildman–Crippen MR) is 57.2 cm³/mol. The molecule has 1 aromatic rings. The molecule has 0 spiro atoms. The summed E-state index contributed by atoms with van der Waals surface area (Å²) in [6.45, 7) is 0.717. The molecule has 76 valence electrons. The van der Waals surface area contributed by atoms with Crippen molar-refractivity contribution in [2.45, 2.75) is 12.8 Å². The van der Waals surface area contributed by atoms with Gasteiger partial charge in [0.15, 0.2) is 0 Å². The number of nitriles is 1. The summed E-state index contributed by atoms with van der Waals surface area (Å²) in [6.07, 6.45) is 1.46. The van der Waals surface area contributed by atoms with Gasteiger partial charge in [0.2, 0.25) is 5.91 Å². The van der Waals surface area contributed by atoms with Crippen LogP contribution in [0.1, 0.15) is 18.4 Å². The van der Waals surface area contributed by atoms with Crippen LogP contribution in [-0.4, -0.2) is 12.5 Å². The summed E-state index contributed by atoms with van der Waals surface area (Å²) < 4.78 is 0. The van der Waals surface area contributed by atoms with Crippen molar-refractivity contribution >= 4 is 17.3 Å². The first kappa shape index (κ1) is 9.53. The number of nitrogens with zero attached hydrogens (tertiary/aromatic N) is 2. The first-order chi connectivity index (χ1) is 7.22. The Bertz CT molecular complexity index is 448. The van der Waals surface area contributed by atoms with Crippen LogP contribution in [0, 0.1) is 11.3 Å². The van der Waals surface area contributed by atoms with Gasteiger partial charge in [-0.05, 0) is 24.6 Å². The molecule has 0 radical (unpaired) electrons. The molecule has 1 heterocycles. The van der Waals surface area contributed by atoms with Gasteiger partial charge in [-0.2, -0.15) is 5.26 Å². The maximum Gasteiger partial charge on any atom is 0.227 e. The Balaban J connectivity index is 2.37. The molecule has 0 aliphatic carbocycles. The van der Waals surface area contributed by atoms with Gasteiger partial charge in [-0.3, -0.25) is 4.79 Å². The normalized spacial score (nSPS) is 15.4. The van der Waals surface area contributed by atoms with Crippen molar-refractivity contribution in [2.24, 2.45) is 0 Å². The van der Waals surface area contributed by atoms with E-state index < -0.39 is 0 Å². The molecule has 15 heavy (non-hydrogen) atoms.